The monoisotopic (exact) mass is 333 g/mol. The molecule has 0 aliphatic rings. The average Bonchev–Trinajstić information content (AvgIpc) is 2.46. The second kappa shape index (κ2) is 9.24. The number of nitrogens with one attached hydrogen (secondary N) is 1. The number of alkyl halides is 2. The summed E-state index contributed by atoms with van der Waals surface area (Å²) in [5, 5.41) is 10.9. The third-order valence-electron chi connectivity index (χ3n) is 2.70. The number of thioether (sulfide) groups is 1. The highest BCUT2D eigenvalue weighted by molar-refractivity contribution is 7.99. The minimum absolute atomic E-state index is 0.0454. The molecule has 0 spiro atoms. The van der Waals surface area contributed by atoms with Gasteiger partial charge in [-0.15, -0.1) is 11.8 Å². The summed E-state index contributed by atoms with van der Waals surface area (Å²) < 4.78 is 29.4. The molecule has 1 rings (SSSR count). The first-order valence-electron chi connectivity index (χ1n) is 6.49. The Kier molecular flexibility index (Phi) is 7.65. The number of rotatable bonds is 9. The summed E-state index contributed by atoms with van der Waals surface area (Å²) in [6.45, 7) is 0. The maximum absolute atomic E-state index is 12.2. The molecule has 2 N–H and O–H groups in total. The van der Waals surface area contributed by atoms with Crippen molar-refractivity contribution in [2.24, 2.45) is 0 Å². The molecule has 0 fully saturated rings. The van der Waals surface area contributed by atoms with Crippen molar-refractivity contribution in [1.29, 1.82) is 0 Å². The van der Waals surface area contributed by atoms with Crippen LogP contribution in [-0.4, -0.2) is 42.3 Å². The lowest BCUT2D eigenvalue weighted by molar-refractivity contribution is -0.143. The predicted molar refractivity (Wildman–Crippen MR) is 78.5 cm³/mol. The van der Waals surface area contributed by atoms with Gasteiger partial charge in [-0.2, -0.15) is 0 Å². The van der Waals surface area contributed by atoms with Crippen molar-refractivity contribution >= 4 is 23.6 Å². The smallest absolute Gasteiger partial charge is 0.326 e. The number of aliphatic carboxylic acids is 1. The summed E-state index contributed by atoms with van der Waals surface area (Å²) in [7, 11) is 1.56. The van der Waals surface area contributed by atoms with Gasteiger partial charge in [0.15, 0.2) is 0 Å². The molecule has 1 unspecified atom stereocenters. The molecule has 0 aliphatic heterocycles. The van der Waals surface area contributed by atoms with E-state index in [2.05, 4.69) is 5.32 Å². The molecule has 1 aromatic rings. The number of carbonyl (C=O) groups is 2. The van der Waals surface area contributed by atoms with Crippen LogP contribution in [0.15, 0.2) is 29.2 Å². The van der Waals surface area contributed by atoms with Gasteiger partial charge in [-0.05, 0) is 24.3 Å². The van der Waals surface area contributed by atoms with E-state index in [9.17, 15) is 18.4 Å². The topological polar surface area (TPSA) is 75.6 Å². The molecular formula is C14H17F2NO4S. The summed E-state index contributed by atoms with van der Waals surface area (Å²) in [6.07, 6.45) is -3.63. The first kappa shape index (κ1) is 18.2. The molecular weight excluding hydrogens is 316 g/mol. The van der Waals surface area contributed by atoms with Crippen molar-refractivity contribution in [3.63, 3.8) is 0 Å². The molecule has 0 aromatic heterocycles. The SMILES string of the molecule is COc1ccc(SCCC(=O)NC(CC(F)F)C(=O)O)cc1. The van der Waals surface area contributed by atoms with Gasteiger partial charge in [-0.1, -0.05) is 0 Å². The van der Waals surface area contributed by atoms with Gasteiger partial charge >= 0.3 is 5.97 Å². The van der Waals surface area contributed by atoms with Gasteiger partial charge in [0.25, 0.3) is 0 Å². The lowest BCUT2D eigenvalue weighted by Crippen LogP contribution is -2.42. The van der Waals surface area contributed by atoms with E-state index in [1.54, 1.807) is 19.2 Å². The summed E-state index contributed by atoms with van der Waals surface area (Å²) in [6, 6.07) is 5.67. The standard InChI is InChI=1S/C14H17F2NO4S/c1-21-9-2-4-10(5-3-9)22-7-6-13(18)17-11(14(19)20)8-12(15)16/h2-5,11-12H,6-8H2,1H3,(H,17,18)(H,19,20). The van der Waals surface area contributed by atoms with E-state index in [-0.39, 0.29) is 6.42 Å². The van der Waals surface area contributed by atoms with Gasteiger partial charge in [0.05, 0.1) is 7.11 Å². The summed E-state index contributed by atoms with van der Waals surface area (Å²) in [4.78, 5) is 23.3. The number of methoxy groups -OCH3 is 1. The number of carboxylic acids is 1. The van der Waals surface area contributed by atoms with E-state index < -0.39 is 30.8 Å². The number of carbonyl (C=O) groups excluding carboxylic acids is 1. The van der Waals surface area contributed by atoms with E-state index in [4.69, 9.17) is 9.84 Å². The Morgan fingerprint density at radius 1 is 1.32 bits per heavy atom. The maximum Gasteiger partial charge on any atom is 0.326 e. The van der Waals surface area contributed by atoms with Gasteiger partial charge in [-0.25, -0.2) is 13.6 Å². The number of hydrogen-bond acceptors (Lipinski definition) is 4. The lowest BCUT2D eigenvalue weighted by Gasteiger charge is -2.13. The Labute approximate surface area is 131 Å². The van der Waals surface area contributed by atoms with E-state index >= 15 is 0 Å². The van der Waals surface area contributed by atoms with Crippen molar-refractivity contribution in [3.05, 3.63) is 24.3 Å². The Morgan fingerprint density at radius 3 is 2.45 bits per heavy atom. The van der Waals surface area contributed by atoms with Crippen LogP contribution in [0.25, 0.3) is 0 Å². The summed E-state index contributed by atoms with van der Waals surface area (Å²) in [5.41, 5.74) is 0. The molecule has 122 valence electrons. The minimum Gasteiger partial charge on any atom is -0.497 e. The Hall–Kier alpha value is -1.83. The molecule has 1 amide bonds. The third-order valence-corrected chi connectivity index (χ3v) is 3.72. The van der Waals surface area contributed by atoms with Gasteiger partial charge in [0.1, 0.15) is 11.8 Å². The number of benzene rings is 1. The molecule has 22 heavy (non-hydrogen) atoms. The molecule has 0 radical (unpaired) electrons. The van der Waals surface area contributed by atoms with Crippen LogP contribution < -0.4 is 10.1 Å². The molecule has 0 bridgehead atoms. The average molecular weight is 333 g/mol. The quantitative estimate of drug-likeness (QED) is 0.679. The van der Waals surface area contributed by atoms with Crippen molar-refractivity contribution in [2.75, 3.05) is 12.9 Å². The zero-order valence-electron chi connectivity index (χ0n) is 11.9. The lowest BCUT2D eigenvalue weighted by atomic mass is 10.2. The van der Waals surface area contributed by atoms with Crippen LogP contribution in [0.3, 0.4) is 0 Å². The van der Waals surface area contributed by atoms with Crippen LogP contribution in [-0.2, 0) is 9.59 Å². The van der Waals surface area contributed by atoms with Crippen LogP contribution in [0.5, 0.6) is 5.75 Å². The Balaban J connectivity index is 2.36. The fourth-order valence-electron chi connectivity index (χ4n) is 1.60. The zero-order valence-corrected chi connectivity index (χ0v) is 12.7. The van der Waals surface area contributed by atoms with E-state index in [0.29, 0.717) is 5.75 Å². The van der Waals surface area contributed by atoms with Gasteiger partial charge in [-0.3, -0.25) is 4.79 Å². The molecule has 1 atom stereocenters. The molecule has 8 heteroatoms. The second-order valence-corrected chi connectivity index (χ2v) is 5.53. The number of ether oxygens (including phenoxy) is 1. The highest BCUT2D eigenvalue weighted by Gasteiger charge is 2.23. The molecule has 0 saturated heterocycles. The fraction of sp³-hybridized carbons (Fsp3) is 0.429. The number of halogens is 2. The van der Waals surface area contributed by atoms with E-state index in [0.717, 1.165) is 10.6 Å². The van der Waals surface area contributed by atoms with Crippen LogP contribution in [0.1, 0.15) is 12.8 Å². The normalized spacial score (nSPS) is 12.0. The highest BCUT2D eigenvalue weighted by atomic mass is 32.2. The predicted octanol–water partition coefficient (Wildman–Crippen LogP) is 2.40. The van der Waals surface area contributed by atoms with Crippen LogP contribution in [0, 0.1) is 0 Å². The van der Waals surface area contributed by atoms with Crippen molar-refractivity contribution < 1.29 is 28.2 Å². The van der Waals surface area contributed by atoms with Gasteiger partial charge in [0, 0.05) is 23.5 Å². The number of carboxylic acid groups (broad SMARTS) is 1. The minimum atomic E-state index is -2.78. The number of amides is 1. The first-order valence-corrected chi connectivity index (χ1v) is 7.48. The molecule has 0 saturated carbocycles. The summed E-state index contributed by atoms with van der Waals surface area (Å²) in [5.74, 6) is -0.886. The van der Waals surface area contributed by atoms with Gasteiger partial charge < -0.3 is 15.2 Å². The summed E-state index contributed by atoms with van der Waals surface area (Å²) >= 11 is 1.41. The maximum atomic E-state index is 12.2. The van der Waals surface area contributed by atoms with E-state index in [1.807, 2.05) is 12.1 Å². The van der Waals surface area contributed by atoms with Crippen molar-refractivity contribution in [1.82, 2.24) is 5.32 Å². The van der Waals surface area contributed by atoms with Gasteiger partial charge in [0.2, 0.25) is 12.3 Å². The fourth-order valence-corrected chi connectivity index (χ4v) is 2.45. The van der Waals surface area contributed by atoms with Crippen LogP contribution in [0.2, 0.25) is 0 Å². The molecule has 1 aromatic carbocycles. The van der Waals surface area contributed by atoms with Crippen molar-refractivity contribution in [2.45, 2.75) is 30.2 Å². The molecule has 0 aliphatic carbocycles. The Morgan fingerprint density at radius 2 is 1.95 bits per heavy atom. The first-order chi connectivity index (χ1) is 10.4. The van der Waals surface area contributed by atoms with Crippen molar-refractivity contribution in [3.8, 4) is 5.75 Å². The highest BCUT2D eigenvalue weighted by Crippen LogP contribution is 2.21. The number of hydrogen-bond donors (Lipinski definition) is 2. The third kappa shape index (κ3) is 6.75. The molecule has 5 nitrogen and oxygen atoms in total. The van der Waals surface area contributed by atoms with E-state index in [1.165, 1.54) is 11.8 Å². The largest absolute Gasteiger partial charge is 0.497 e. The van der Waals surface area contributed by atoms with Crippen LogP contribution >= 0.6 is 11.8 Å². The Bertz CT molecular complexity index is 496. The molecule has 0 heterocycles. The van der Waals surface area contributed by atoms with Crippen LogP contribution in [0.4, 0.5) is 8.78 Å². The second-order valence-electron chi connectivity index (χ2n) is 4.36. The zero-order chi connectivity index (χ0) is 16.5.